The monoisotopic (exact) mass is 492 g/mol. The van der Waals surface area contributed by atoms with Gasteiger partial charge in [0.2, 0.25) is 5.91 Å². The first-order valence-electron chi connectivity index (χ1n) is 11.7. The molecule has 1 heterocycles. The maximum Gasteiger partial charge on any atom is 0.410 e. The van der Waals surface area contributed by atoms with Crippen LogP contribution in [0, 0.1) is 0 Å². The fourth-order valence-corrected chi connectivity index (χ4v) is 4.47. The summed E-state index contributed by atoms with van der Waals surface area (Å²) < 4.78 is 10.5. The molecule has 1 fully saturated rings. The Balaban J connectivity index is 2.27. The molecular formula is C26H40N2O5S. The summed E-state index contributed by atoms with van der Waals surface area (Å²) in [4.78, 5) is 40.0. The van der Waals surface area contributed by atoms with Gasteiger partial charge in [-0.3, -0.25) is 9.69 Å². The summed E-state index contributed by atoms with van der Waals surface area (Å²) in [7, 11) is 1.31. The first-order valence-corrected chi connectivity index (χ1v) is 13.1. The van der Waals surface area contributed by atoms with Crippen LogP contribution >= 0.6 is 11.8 Å². The molecule has 190 valence electrons. The van der Waals surface area contributed by atoms with E-state index in [1.165, 1.54) is 17.6 Å². The normalized spacial score (nSPS) is 19.5. The van der Waals surface area contributed by atoms with Gasteiger partial charge in [0.25, 0.3) is 0 Å². The van der Waals surface area contributed by atoms with E-state index in [0.29, 0.717) is 25.1 Å². The largest absolute Gasteiger partial charge is 0.467 e. The van der Waals surface area contributed by atoms with E-state index in [2.05, 4.69) is 50.4 Å². The van der Waals surface area contributed by atoms with Gasteiger partial charge in [-0.1, -0.05) is 45.0 Å². The molecule has 0 saturated carbocycles. The average Bonchev–Trinajstić information content (AvgIpc) is 3.20. The van der Waals surface area contributed by atoms with Crippen LogP contribution in [0.1, 0.15) is 71.4 Å². The number of hydrogen-bond acceptors (Lipinski definition) is 6. The van der Waals surface area contributed by atoms with Crippen LogP contribution in [-0.4, -0.2) is 66.2 Å². The number of rotatable bonds is 7. The third-order valence-electron chi connectivity index (χ3n) is 5.89. The molecule has 2 rings (SSSR count). The molecule has 0 unspecified atom stereocenters. The van der Waals surface area contributed by atoms with Gasteiger partial charge in [-0.15, -0.1) is 0 Å². The summed E-state index contributed by atoms with van der Waals surface area (Å²) in [6, 6.07) is 6.88. The highest BCUT2D eigenvalue weighted by atomic mass is 32.2. The van der Waals surface area contributed by atoms with Crippen molar-refractivity contribution in [2.45, 2.75) is 83.4 Å². The molecule has 0 radical (unpaired) electrons. The standard InChI is InChI=1S/C26H40N2O5S/c1-25(2,3)19-11-9-17(10-12-19)18-15-21(28(16-18)24(31)33-26(4,5)6)22(29)27-20(13-14-34-8)23(30)32-7/h9-12,18,20-21H,13-16H2,1-8H3,(H,27,29)/t18-,20-,21-/m0/s1. The lowest BCUT2D eigenvalue weighted by atomic mass is 9.85. The van der Waals surface area contributed by atoms with Crippen LogP contribution in [0.2, 0.25) is 0 Å². The van der Waals surface area contributed by atoms with Crippen molar-refractivity contribution in [2.24, 2.45) is 0 Å². The number of thioether (sulfide) groups is 1. The van der Waals surface area contributed by atoms with Crippen LogP contribution in [0.4, 0.5) is 4.79 Å². The third kappa shape index (κ3) is 7.65. The van der Waals surface area contributed by atoms with E-state index in [-0.39, 0.29) is 17.2 Å². The minimum atomic E-state index is -0.754. The fourth-order valence-electron chi connectivity index (χ4n) is 4.00. The molecule has 34 heavy (non-hydrogen) atoms. The molecule has 1 aliphatic heterocycles. The summed E-state index contributed by atoms with van der Waals surface area (Å²) in [6.07, 6.45) is 2.32. The highest BCUT2D eigenvalue weighted by Crippen LogP contribution is 2.34. The Hall–Kier alpha value is -2.22. The maximum atomic E-state index is 13.3. The molecule has 2 amide bonds. The Morgan fingerprint density at radius 1 is 1.12 bits per heavy atom. The van der Waals surface area contributed by atoms with Gasteiger partial charge in [-0.05, 0) is 62.2 Å². The van der Waals surface area contributed by atoms with Gasteiger partial charge in [0.1, 0.15) is 17.7 Å². The zero-order chi connectivity index (χ0) is 25.7. The minimum Gasteiger partial charge on any atom is -0.467 e. The number of nitrogens with zero attached hydrogens (tertiary/aromatic N) is 1. The number of esters is 1. The van der Waals surface area contributed by atoms with Gasteiger partial charge < -0.3 is 14.8 Å². The lowest BCUT2D eigenvalue weighted by Gasteiger charge is -2.28. The predicted octanol–water partition coefficient (Wildman–Crippen LogP) is 4.49. The molecule has 0 spiro atoms. The number of methoxy groups -OCH3 is 1. The van der Waals surface area contributed by atoms with E-state index in [1.54, 1.807) is 32.5 Å². The summed E-state index contributed by atoms with van der Waals surface area (Å²) in [6.45, 7) is 12.3. The molecule has 1 aliphatic rings. The average molecular weight is 493 g/mol. The second kappa shape index (κ2) is 11.5. The smallest absolute Gasteiger partial charge is 0.410 e. The molecule has 1 aromatic rings. The summed E-state index contributed by atoms with van der Waals surface area (Å²) in [5.41, 5.74) is 1.65. The van der Waals surface area contributed by atoms with Crippen LogP contribution in [-0.2, 0) is 24.5 Å². The maximum absolute atomic E-state index is 13.3. The Morgan fingerprint density at radius 2 is 1.74 bits per heavy atom. The number of amides is 2. The van der Waals surface area contributed by atoms with Crippen LogP contribution in [0.3, 0.4) is 0 Å². The Morgan fingerprint density at radius 3 is 2.24 bits per heavy atom. The Bertz CT molecular complexity index is 857. The number of nitrogens with one attached hydrogen (secondary N) is 1. The number of carbonyl (C=O) groups excluding carboxylic acids is 3. The summed E-state index contributed by atoms with van der Waals surface area (Å²) >= 11 is 1.59. The number of carbonyl (C=O) groups is 3. The van der Waals surface area contributed by atoms with Crippen molar-refractivity contribution in [1.82, 2.24) is 10.2 Å². The highest BCUT2D eigenvalue weighted by molar-refractivity contribution is 7.98. The van der Waals surface area contributed by atoms with Gasteiger partial charge >= 0.3 is 12.1 Å². The van der Waals surface area contributed by atoms with E-state index in [1.807, 2.05) is 6.26 Å². The summed E-state index contributed by atoms with van der Waals surface area (Å²) in [5.74, 6) is -0.168. The lowest BCUT2D eigenvalue weighted by Crippen LogP contribution is -2.52. The van der Waals surface area contributed by atoms with Crippen molar-refractivity contribution in [2.75, 3.05) is 25.7 Å². The number of benzene rings is 1. The molecule has 8 heteroatoms. The summed E-state index contributed by atoms with van der Waals surface area (Å²) in [5, 5.41) is 2.82. The first kappa shape index (κ1) is 28.0. The first-order chi connectivity index (χ1) is 15.8. The van der Waals surface area contributed by atoms with E-state index in [0.717, 1.165) is 5.56 Å². The SMILES string of the molecule is COC(=O)[C@H](CCSC)NC(=O)[C@@H]1C[C@H](c2ccc(C(C)(C)C)cc2)CN1C(=O)OC(C)(C)C. The van der Waals surface area contributed by atoms with Crippen LogP contribution < -0.4 is 5.32 Å². The Labute approximate surface area is 208 Å². The molecule has 0 aromatic heterocycles. The van der Waals surface area contributed by atoms with E-state index < -0.39 is 29.7 Å². The molecule has 1 N–H and O–H groups in total. The number of ether oxygens (including phenoxy) is 2. The molecule has 0 aliphatic carbocycles. The predicted molar refractivity (Wildman–Crippen MR) is 136 cm³/mol. The van der Waals surface area contributed by atoms with Crippen LogP contribution in [0.15, 0.2) is 24.3 Å². The quantitative estimate of drug-likeness (QED) is 0.565. The lowest BCUT2D eigenvalue weighted by molar-refractivity contribution is -0.145. The molecule has 3 atom stereocenters. The van der Waals surface area contributed by atoms with E-state index in [9.17, 15) is 14.4 Å². The van der Waals surface area contributed by atoms with E-state index in [4.69, 9.17) is 9.47 Å². The van der Waals surface area contributed by atoms with Crippen molar-refractivity contribution in [3.63, 3.8) is 0 Å². The minimum absolute atomic E-state index is 0.0138. The molecular weight excluding hydrogens is 452 g/mol. The van der Waals surface area contributed by atoms with Crippen molar-refractivity contribution >= 4 is 29.7 Å². The second-order valence-electron chi connectivity index (χ2n) is 10.8. The van der Waals surface area contributed by atoms with Crippen molar-refractivity contribution in [1.29, 1.82) is 0 Å². The molecule has 7 nitrogen and oxygen atoms in total. The molecule has 0 bridgehead atoms. The van der Waals surface area contributed by atoms with Crippen molar-refractivity contribution in [3.8, 4) is 0 Å². The van der Waals surface area contributed by atoms with Crippen molar-refractivity contribution < 1.29 is 23.9 Å². The highest BCUT2D eigenvalue weighted by Gasteiger charge is 2.43. The van der Waals surface area contributed by atoms with Crippen LogP contribution in [0.5, 0.6) is 0 Å². The van der Waals surface area contributed by atoms with Gasteiger partial charge in [-0.25, -0.2) is 9.59 Å². The van der Waals surface area contributed by atoms with Gasteiger partial charge in [0, 0.05) is 12.5 Å². The zero-order valence-corrected chi connectivity index (χ0v) is 22.6. The fraction of sp³-hybridized carbons (Fsp3) is 0.654. The van der Waals surface area contributed by atoms with Gasteiger partial charge in [-0.2, -0.15) is 11.8 Å². The topological polar surface area (TPSA) is 84.9 Å². The van der Waals surface area contributed by atoms with Gasteiger partial charge in [0.15, 0.2) is 0 Å². The zero-order valence-electron chi connectivity index (χ0n) is 21.8. The third-order valence-corrected chi connectivity index (χ3v) is 6.54. The number of hydrogen-bond donors (Lipinski definition) is 1. The van der Waals surface area contributed by atoms with E-state index >= 15 is 0 Å². The Kier molecular flexibility index (Phi) is 9.45. The van der Waals surface area contributed by atoms with Crippen molar-refractivity contribution in [3.05, 3.63) is 35.4 Å². The number of likely N-dealkylation sites (tertiary alicyclic amines) is 1. The van der Waals surface area contributed by atoms with Crippen LogP contribution in [0.25, 0.3) is 0 Å². The second-order valence-corrected chi connectivity index (χ2v) is 11.8. The molecule has 1 saturated heterocycles. The van der Waals surface area contributed by atoms with Gasteiger partial charge in [0.05, 0.1) is 7.11 Å². The molecule has 1 aromatic carbocycles.